The van der Waals surface area contributed by atoms with E-state index < -0.39 is 0 Å². The van der Waals surface area contributed by atoms with E-state index in [1.807, 2.05) is 43.3 Å². The molecule has 3 nitrogen and oxygen atoms in total. The van der Waals surface area contributed by atoms with E-state index in [-0.39, 0.29) is 0 Å². The Kier molecular flexibility index (Phi) is 4.17. The quantitative estimate of drug-likeness (QED) is 0.901. The fourth-order valence-corrected chi connectivity index (χ4v) is 1.94. The Morgan fingerprint density at radius 3 is 2.63 bits per heavy atom. The Labute approximate surface area is 113 Å². The lowest BCUT2D eigenvalue weighted by Crippen LogP contribution is -1.94. The predicted octanol–water partition coefficient (Wildman–Crippen LogP) is 3.76. The highest BCUT2D eigenvalue weighted by molar-refractivity contribution is 5.62. The average Bonchev–Trinajstić information content (AvgIpc) is 2.40. The molecule has 0 unspecified atom stereocenters. The van der Waals surface area contributed by atoms with Gasteiger partial charge >= 0.3 is 0 Å². The molecule has 0 aliphatic carbocycles. The van der Waals surface area contributed by atoms with E-state index in [0.29, 0.717) is 12.2 Å². The maximum atomic E-state index is 8.91. The number of methoxy groups -OCH3 is 1. The van der Waals surface area contributed by atoms with Crippen molar-refractivity contribution in [1.29, 1.82) is 5.26 Å². The molecule has 2 rings (SSSR count). The van der Waals surface area contributed by atoms with Crippen LogP contribution in [0.2, 0.25) is 0 Å². The van der Waals surface area contributed by atoms with E-state index >= 15 is 0 Å². The van der Waals surface area contributed by atoms with Crippen molar-refractivity contribution in [3.05, 3.63) is 59.2 Å². The van der Waals surface area contributed by atoms with Crippen LogP contribution in [0.25, 0.3) is 0 Å². The van der Waals surface area contributed by atoms with Crippen LogP contribution < -0.4 is 5.32 Å². The molecule has 0 heterocycles. The normalized spacial score (nSPS) is 9.95. The summed E-state index contributed by atoms with van der Waals surface area (Å²) in [4.78, 5) is 0. The third kappa shape index (κ3) is 3.34. The number of hydrogen-bond donors (Lipinski definition) is 1. The number of hydrogen-bond acceptors (Lipinski definition) is 3. The van der Waals surface area contributed by atoms with Crippen LogP contribution in [0.5, 0.6) is 0 Å². The molecular weight excluding hydrogens is 236 g/mol. The Bertz CT molecular complexity index is 614. The number of benzene rings is 2. The Hall–Kier alpha value is -2.31. The predicted molar refractivity (Wildman–Crippen MR) is 76.3 cm³/mol. The summed E-state index contributed by atoms with van der Waals surface area (Å²) in [5.41, 5.74) is 4.79. The van der Waals surface area contributed by atoms with Crippen molar-refractivity contribution >= 4 is 11.4 Å². The largest absolute Gasteiger partial charge is 0.380 e. The van der Waals surface area contributed by atoms with Gasteiger partial charge in [0.15, 0.2) is 0 Å². The summed E-state index contributed by atoms with van der Waals surface area (Å²) in [6.07, 6.45) is 0. The molecule has 3 heteroatoms. The van der Waals surface area contributed by atoms with Crippen molar-refractivity contribution in [2.45, 2.75) is 13.5 Å². The molecule has 0 fully saturated rings. The molecule has 1 N–H and O–H groups in total. The van der Waals surface area contributed by atoms with E-state index in [2.05, 4.69) is 17.5 Å². The van der Waals surface area contributed by atoms with E-state index in [1.54, 1.807) is 7.11 Å². The molecule has 96 valence electrons. The maximum Gasteiger partial charge on any atom is 0.0994 e. The molecule has 0 amide bonds. The highest BCUT2D eigenvalue weighted by Crippen LogP contribution is 2.20. The lowest BCUT2D eigenvalue weighted by Gasteiger charge is -2.09. The smallest absolute Gasteiger partial charge is 0.0994 e. The number of aryl methyl sites for hydroxylation is 1. The van der Waals surface area contributed by atoms with E-state index in [0.717, 1.165) is 22.5 Å². The first-order valence-corrected chi connectivity index (χ1v) is 6.08. The van der Waals surface area contributed by atoms with Gasteiger partial charge in [0.2, 0.25) is 0 Å². The summed E-state index contributed by atoms with van der Waals surface area (Å²) in [5, 5.41) is 12.2. The average molecular weight is 252 g/mol. The van der Waals surface area contributed by atoms with Crippen LogP contribution in [0.15, 0.2) is 42.5 Å². The van der Waals surface area contributed by atoms with Crippen molar-refractivity contribution in [2.24, 2.45) is 0 Å². The van der Waals surface area contributed by atoms with Crippen LogP contribution in [-0.4, -0.2) is 7.11 Å². The van der Waals surface area contributed by atoms with Crippen LogP contribution in [0, 0.1) is 18.3 Å². The molecule has 2 aromatic rings. The monoisotopic (exact) mass is 252 g/mol. The summed E-state index contributed by atoms with van der Waals surface area (Å²) >= 11 is 0. The SMILES string of the molecule is COCc1cccc(Nc2ccc(C#N)c(C)c2)c1. The third-order valence-corrected chi connectivity index (χ3v) is 2.87. The van der Waals surface area contributed by atoms with Crippen molar-refractivity contribution in [3.63, 3.8) is 0 Å². The van der Waals surface area contributed by atoms with Gasteiger partial charge in [0.1, 0.15) is 0 Å². The van der Waals surface area contributed by atoms with Gasteiger partial charge in [-0.1, -0.05) is 12.1 Å². The minimum Gasteiger partial charge on any atom is -0.380 e. The molecule has 0 atom stereocenters. The minimum atomic E-state index is 0.599. The Morgan fingerprint density at radius 1 is 1.16 bits per heavy atom. The van der Waals surface area contributed by atoms with Crippen LogP contribution in [0.3, 0.4) is 0 Å². The van der Waals surface area contributed by atoms with Gasteiger partial charge in [-0.05, 0) is 48.4 Å². The molecule has 0 aliphatic rings. The highest BCUT2D eigenvalue weighted by atomic mass is 16.5. The minimum absolute atomic E-state index is 0.599. The van der Waals surface area contributed by atoms with E-state index in [1.165, 1.54) is 0 Å². The third-order valence-electron chi connectivity index (χ3n) is 2.87. The van der Waals surface area contributed by atoms with Gasteiger partial charge in [-0.2, -0.15) is 5.26 Å². The number of nitrogens with zero attached hydrogens (tertiary/aromatic N) is 1. The molecule has 0 aromatic heterocycles. The topological polar surface area (TPSA) is 45.0 Å². The lowest BCUT2D eigenvalue weighted by molar-refractivity contribution is 0.185. The van der Waals surface area contributed by atoms with Gasteiger partial charge in [0.25, 0.3) is 0 Å². The van der Waals surface area contributed by atoms with E-state index in [4.69, 9.17) is 10.00 Å². The zero-order chi connectivity index (χ0) is 13.7. The molecule has 0 spiro atoms. The molecule has 2 aromatic carbocycles. The van der Waals surface area contributed by atoms with Gasteiger partial charge in [-0.15, -0.1) is 0 Å². The fourth-order valence-electron chi connectivity index (χ4n) is 1.94. The van der Waals surface area contributed by atoms with Crippen molar-refractivity contribution < 1.29 is 4.74 Å². The maximum absolute atomic E-state index is 8.91. The second-order valence-corrected chi connectivity index (χ2v) is 4.40. The summed E-state index contributed by atoms with van der Waals surface area (Å²) < 4.78 is 5.12. The van der Waals surface area contributed by atoms with Gasteiger partial charge in [0, 0.05) is 18.5 Å². The molecule has 0 aliphatic heterocycles. The first kappa shape index (κ1) is 13.1. The van der Waals surface area contributed by atoms with Crippen molar-refractivity contribution in [2.75, 3.05) is 12.4 Å². The summed E-state index contributed by atoms with van der Waals surface area (Å²) in [7, 11) is 1.68. The molecule has 19 heavy (non-hydrogen) atoms. The zero-order valence-electron chi connectivity index (χ0n) is 11.1. The Balaban J connectivity index is 2.19. The van der Waals surface area contributed by atoms with Crippen LogP contribution in [0.1, 0.15) is 16.7 Å². The van der Waals surface area contributed by atoms with Gasteiger partial charge < -0.3 is 10.1 Å². The number of rotatable bonds is 4. The first-order chi connectivity index (χ1) is 9.22. The number of nitriles is 1. The van der Waals surface area contributed by atoms with E-state index in [9.17, 15) is 0 Å². The van der Waals surface area contributed by atoms with Crippen LogP contribution in [-0.2, 0) is 11.3 Å². The van der Waals surface area contributed by atoms with Crippen molar-refractivity contribution in [3.8, 4) is 6.07 Å². The van der Waals surface area contributed by atoms with Crippen LogP contribution in [0.4, 0.5) is 11.4 Å². The van der Waals surface area contributed by atoms with Gasteiger partial charge in [-0.3, -0.25) is 0 Å². The molecule has 0 radical (unpaired) electrons. The lowest BCUT2D eigenvalue weighted by atomic mass is 10.1. The second-order valence-electron chi connectivity index (χ2n) is 4.40. The second kappa shape index (κ2) is 6.03. The van der Waals surface area contributed by atoms with Crippen molar-refractivity contribution in [1.82, 2.24) is 0 Å². The number of nitrogens with one attached hydrogen (secondary N) is 1. The summed E-state index contributed by atoms with van der Waals surface area (Å²) in [5.74, 6) is 0. The standard InChI is InChI=1S/C16H16N2O/c1-12-8-16(7-6-14(12)10-17)18-15-5-3-4-13(9-15)11-19-2/h3-9,18H,11H2,1-2H3. The molecule has 0 saturated carbocycles. The summed E-state index contributed by atoms with van der Waals surface area (Å²) in [6.45, 7) is 2.53. The number of ether oxygens (including phenoxy) is 1. The highest BCUT2D eigenvalue weighted by Gasteiger charge is 2.00. The molecular formula is C16H16N2O. The van der Waals surface area contributed by atoms with Gasteiger partial charge in [-0.25, -0.2) is 0 Å². The Morgan fingerprint density at radius 2 is 1.95 bits per heavy atom. The zero-order valence-corrected chi connectivity index (χ0v) is 11.1. The molecule has 0 saturated heterocycles. The van der Waals surface area contributed by atoms with Crippen LogP contribution >= 0.6 is 0 Å². The van der Waals surface area contributed by atoms with Gasteiger partial charge in [0.05, 0.1) is 18.2 Å². The first-order valence-electron chi connectivity index (χ1n) is 6.08. The summed E-state index contributed by atoms with van der Waals surface area (Å²) in [6, 6.07) is 16.0. The number of anilines is 2. The fraction of sp³-hybridized carbons (Fsp3) is 0.188. The molecule has 0 bridgehead atoms.